The van der Waals surface area contributed by atoms with Crippen LogP contribution in [0.15, 0.2) is 66.2 Å². The van der Waals surface area contributed by atoms with Gasteiger partial charge in [0.2, 0.25) is 0 Å². The fourth-order valence-corrected chi connectivity index (χ4v) is 3.97. The van der Waals surface area contributed by atoms with Gasteiger partial charge >= 0.3 is 6.03 Å². The molecule has 1 aliphatic heterocycles. The maximum atomic E-state index is 13.1. The number of imide groups is 2. The number of barbiturate groups is 1. The summed E-state index contributed by atoms with van der Waals surface area (Å²) in [6.07, 6.45) is 1.34. The Morgan fingerprint density at radius 2 is 1.74 bits per heavy atom. The maximum absolute atomic E-state index is 13.1. The summed E-state index contributed by atoms with van der Waals surface area (Å²) in [7, 11) is 1.46. The molecule has 0 bridgehead atoms. The van der Waals surface area contributed by atoms with Crippen LogP contribution in [0.2, 0.25) is 10.0 Å². The number of halogens is 2. The van der Waals surface area contributed by atoms with Crippen molar-refractivity contribution in [2.24, 2.45) is 0 Å². The van der Waals surface area contributed by atoms with Gasteiger partial charge in [-0.2, -0.15) is 0 Å². The van der Waals surface area contributed by atoms with Crippen LogP contribution in [0.5, 0.6) is 11.5 Å². The largest absolute Gasteiger partial charge is 0.493 e. The second-order valence-electron chi connectivity index (χ2n) is 7.75. The first-order chi connectivity index (χ1) is 16.8. The van der Waals surface area contributed by atoms with Crippen LogP contribution in [0.25, 0.3) is 6.08 Å². The molecular weight excluding hydrogens is 491 g/mol. The Morgan fingerprint density at radius 3 is 2.43 bits per heavy atom. The number of aryl methyl sites for hydroxylation is 1. The van der Waals surface area contributed by atoms with E-state index in [1.165, 1.54) is 37.5 Å². The number of anilines is 1. The zero-order valence-electron chi connectivity index (χ0n) is 18.8. The van der Waals surface area contributed by atoms with Gasteiger partial charge < -0.3 is 9.47 Å². The van der Waals surface area contributed by atoms with Crippen molar-refractivity contribution in [3.05, 3.63) is 93.0 Å². The van der Waals surface area contributed by atoms with Crippen LogP contribution in [-0.4, -0.2) is 25.0 Å². The number of amides is 4. The first kappa shape index (κ1) is 24.3. The molecule has 35 heavy (non-hydrogen) atoms. The number of carbonyl (C=O) groups is 3. The van der Waals surface area contributed by atoms with Crippen molar-refractivity contribution in [2.75, 3.05) is 12.0 Å². The lowest BCUT2D eigenvalue weighted by Crippen LogP contribution is -2.54. The first-order valence-corrected chi connectivity index (χ1v) is 11.3. The Kier molecular flexibility index (Phi) is 7.10. The van der Waals surface area contributed by atoms with Crippen LogP contribution in [0, 0.1) is 6.92 Å². The average molecular weight is 511 g/mol. The molecule has 4 rings (SSSR count). The number of ether oxygens (including phenoxy) is 2. The van der Waals surface area contributed by atoms with Crippen molar-refractivity contribution in [1.82, 2.24) is 5.32 Å². The maximum Gasteiger partial charge on any atom is 0.335 e. The molecular formula is C26H20Cl2N2O5. The molecule has 0 spiro atoms. The van der Waals surface area contributed by atoms with Gasteiger partial charge in [-0.05, 0) is 60.5 Å². The van der Waals surface area contributed by atoms with Crippen LogP contribution in [0.4, 0.5) is 10.5 Å². The van der Waals surface area contributed by atoms with E-state index in [1.54, 1.807) is 12.1 Å². The number of nitrogens with zero attached hydrogens (tertiary/aromatic N) is 1. The molecule has 1 heterocycles. The highest BCUT2D eigenvalue weighted by Crippen LogP contribution is 2.38. The van der Waals surface area contributed by atoms with Crippen molar-refractivity contribution in [2.45, 2.75) is 13.5 Å². The second kappa shape index (κ2) is 10.2. The molecule has 0 atom stereocenters. The van der Waals surface area contributed by atoms with Gasteiger partial charge in [0.25, 0.3) is 11.8 Å². The molecule has 3 aromatic rings. The van der Waals surface area contributed by atoms with E-state index in [4.69, 9.17) is 32.7 Å². The van der Waals surface area contributed by atoms with Crippen molar-refractivity contribution < 1.29 is 23.9 Å². The minimum atomic E-state index is -0.852. The van der Waals surface area contributed by atoms with Crippen molar-refractivity contribution in [1.29, 1.82) is 0 Å². The molecule has 9 heteroatoms. The number of hydrogen-bond donors (Lipinski definition) is 1. The number of hydrogen-bond acceptors (Lipinski definition) is 5. The van der Waals surface area contributed by atoms with Crippen LogP contribution in [-0.2, 0) is 16.2 Å². The zero-order chi connectivity index (χ0) is 25.1. The fraction of sp³-hybridized carbons (Fsp3) is 0.115. The third-order valence-electron chi connectivity index (χ3n) is 5.21. The SMILES string of the molecule is COc1cc(/C=C2\C(=O)NC(=O)N(c3ccc(Cl)cc3)C2=O)cc(Cl)c1OCc1cccc(C)c1. The van der Waals surface area contributed by atoms with Gasteiger partial charge in [0.05, 0.1) is 17.8 Å². The number of nitrogens with one attached hydrogen (secondary N) is 1. The summed E-state index contributed by atoms with van der Waals surface area (Å²) >= 11 is 12.4. The molecule has 0 aliphatic carbocycles. The summed E-state index contributed by atoms with van der Waals surface area (Å²) in [5, 5.41) is 2.85. The summed E-state index contributed by atoms with van der Waals surface area (Å²) < 4.78 is 11.3. The monoisotopic (exact) mass is 510 g/mol. The van der Waals surface area contributed by atoms with Gasteiger partial charge in [0, 0.05) is 5.02 Å². The van der Waals surface area contributed by atoms with E-state index in [-0.39, 0.29) is 22.9 Å². The molecule has 7 nitrogen and oxygen atoms in total. The molecule has 1 saturated heterocycles. The van der Waals surface area contributed by atoms with E-state index in [0.29, 0.717) is 22.1 Å². The van der Waals surface area contributed by atoms with Gasteiger partial charge in [-0.1, -0.05) is 53.0 Å². The normalized spacial score (nSPS) is 14.8. The molecule has 1 N–H and O–H groups in total. The van der Waals surface area contributed by atoms with E-state index in [9.17, 15) is 14.4 Å². The number of rotatable bonds is 6. The number of benzene rings is 3. The van der Waals surface area contributed by atoms with Crippen molar-refractivity contribution in [3.63, 3.8) is 0 Å². The average Bonchev–Trinajstić information content (AvgIpc) is 2.82. The topological polar surface area (TPSA) is 84.9 Å². The fourth-order valence-electron chi connectivity index (χ4n) is 3.57. The van der Waals surface area contributed by atoms with Crippen molar-refractivity contribution >= 4 is 52.8 Å². The van der Waals surface area contributed by atoms with Crippen molar-refractivity contribution in [3.8, 4) is 11.5 Å². The summed E-state index contributed by atoms with van der Waals surface area (Å²) in [5.41, 5.74) is 2.51. The number of carbonyl (C=O) groups excluding carboxylic acids is 3. The minimum absolute atomic E-state index is 0.234. The van der Waals surface area contributed by atoms with Crippen LogP contribution in [0.3, 0.4) is 0 Å². The quantitative estimate of drug-likeness (QED) is 0.346. The Hall–Kier alpha value is -3.81. The van der Waals surface area contributed by atoms with E-state index in [0.717, 1.165) is 16.0 Å². The second-order valence-corrected chi connectivity index (χ2v) is 8.59. The Balaban J connectivity index is 1.64. The van der Waals surface area contributed by atoms with Gasteiger partial charge in [0.1, 0.15) is 12.2 Å². The van der Waals surface area contributed by atoms with Gasteiger partial charge in [-0.3, -0.25) is 14.9 Å². The molecule has 0 saturated carbocycles. The lowest BCUT2D eigenvalue weighted by molar-refractivity contribution is -0.122. The Labute approximate surface area is 211 Å². The van der Waals surface area contributed by atoms with E-state index >= 15 is 0 Å². The summed E-state index contributed by atoms with van der Waals surface area (Å²) in [5.74, 6) is -0.947. The molecule has 0 unspecified atom stereocenters. The number of methoxy groups -OCH3 is 1. The predicted molar refractivity (Wildman–Crippen MR) is 134 cm³/mol. The molecule has 0 aromatic heterocycles. The molecule has 1 fully saturated rings. The third-order valence-corrected chi connectivity index (χ3v) is 5.75. The predicted octanol–water partition coefficient (Wildman–Crippen LogP) is 5.56. The molecule has 0 radical (unpaired) electrons. The van der Waals surface area contributed by atoms with E-state index in [2.05, 4.69) is 5.32 Å². The lowest BCUT2D eigenvalue weighted by atomic mass is 10.1. The van der Waals surface area contributed by atoms with Crippen LogP contribution in [0.1, 0.15) is 16.7 Å². The van der Waals surface area contributed by atoms with Crippen LogP contribution < -0.4 is 19.7 Å². The molecule has 178 valence electrons. The zero-order valence-corrected chi connectivity index (χ0v) is 20.3. The first-order valence-electron chi connectivity index (χ1n) is 10.5. The standard InChI is InChI=1S/C26H20Cl2N2O5/c1-15-4-3-5-16(10-15)14-35-23-21(28)12-17(13-22(23)34-2)11-20-24(31)29-26(33)30(25(20)32)19-8-6-18(27)7-9-19/h3-13H,14H2,1-2H3,(H,29,31,33)/b20-11+. The van der Waals surface area contributed by atoms with E-state index in [1.807, 2.05) is 31.2 Å². The summed E-state index contributed by atoms with van der Waals surface area (Å²) in [6, 6.07) is 16.2. The van der Waals surface area contributed by atoms with Gasteiger partial charge in [-0.15, -0.1) is 0 Å². The Morgan fingerprint density at radius 1 is 1.00 bits per heavy atom. The summed E-state index contributed by atoms with van der Waals surface area (Å²) in [6.45, 7) is 2.26. The van der Waals surface area contributed by atoms with Crippen LogP contribution >= 0.6 is 23.2 Å². The summed E-state index contributed by atoms with van der Waals surface area (Å²) in [4.78, 5) is 38.8. The Bertz CT molecular complexity index is 1350. The molecule has 1 aliphatic rings. The molecule has 3 aromatic carbocycles. The highest BCUT2D eigenvalue weighted by atomic mass is 35.5. The van der Waals surface area contributed by atoms with Gasteiger partial charge in [0.15, 0.2) is 11.5 Å². The number of urea groups is 1. The van der Waals surface area contributed by atoms with Gasteiger partial charge in [-0.25, -0.2) is 9.69 Å². The van der Waals surface area contributed by atoms with E-state index < -0.39 is 17.8 Å². The minimum Gasteiger partial charge on any atom is -0.493 e. The lowest BCUT2D eigenvalue weighted by Gasteiger charge is -2.26. The third kappa shape index (κ3) is 5.31. The highest BCUT2D eigenvalue weighted by Gasteiger charge is 2.36. The highest BCUT2D eigenvalue weighted by molar-refractivity contribution is 6.39. The molecule has 4 amide bonds. The smallest absolute Gasteiger partial charge is 0.335 e.